The predicted octanol–water partition coefficient (Wildman–Crippen LogP) is 3.23. The van der Waals surface area contributed by atoms with E-state index in [0.717, 1.165) is 12.8 Å². The molecule has 1 saturated heterocycles. The van der Waals surface area contributed by atoms with Crippen LogP contribution in [0.5, 0.6) is 0 Å². The Kier molecular flexibility index (Phi) is 6.48. The van der Waals surface area contributed by atoms with Crippen molar-refractivity contribution in [2.45, 2.75) is 66.3 Å². The number of aryl methyl sites for hydroxylation is 1. The molecule has 0 aromatic carbocycles. The number of hydrogen-bond acceptors (Lipinski definition) is 5. The number of likely N-dealkylation sites (tertiary alicyclic amines) is 1. The van der Waals surface area contributed by atoms with Crippen molar-refractivity contribution < 1.29 is 23.9 Å². The van der Waals surface area contributed by atoms with Gasteiger partial charge in [-0.15, -0.1) is 0 Å². The summed E-state index contributed by atoms with van der Waals surface area (Å²) in [6, 6.07) is 0.176. The molecule has 1 amide bonds. The molecule has 1 aromatic heterocycles. The minimum absolute atomic E-state index is 0.00355. The number of aromatic nitrogens is 1. The Bertz CT molecular complexity index is 871. The van der Waals surface area contributed by atoms with Gasteiger partial charge in [0.25, 0.3) is 0 Å². The fourth-order valence-electron chi connectivity index (χ4n) is 5.09. The molecular formula is C23H32N2O5. The zero-order valence-electron chi connectivity index (χ0n) is 18.5. The highest BCUT2D eigenvalue weighted by Crippen LogP contribution is 2.36. The topological polar surface area (TPSA) is 96.5 Å². The van der Waals surface area contributed by atoms with E-state index < -0.39 is 18.5 Å². The molecule has 1 aromatic rings. The van der Waals surface area contributed by atoms with Gasteiger partial charge >= 0.3 is 5.97 Å². The third-order valence-electron chi connectivity index (χ3n) is 6.97. The molecule has 2 aliphatic rings. The van der Waals surface area contributed by atoms with Crippen LogP contribution in [0, 0.1) is 31.6 Å². The number of esters is 1. The number of nitrogens with one attached hydrogen (secondary N) is 1. The number of nitrogens with zero attached hydrogens (tertiary/aromatic N) is 1. The normalized spacial score (nSPS) is 26.7. The number of H-pyrrole nitrogens is 1. The molecule has 1 saturated carbocycles. The first-order valence-corrected chi connectivity index (χ1v) is 10.8. The Morgan fingerprint density at radius 3 is 2.50 bits per heavy atom. The van der Waals surface area contributed by atoms with E-state index in [9.17, 15) is 19.2 Å². The van der Waals surface area contributed by atoms with Crippen LogP contribution in [0.1, 0.15) is 78.6 Å². The van der Waals surface area contributed by atoms with E-state index in [-0.39, 0.29) is 29.9 Å². The van der Waals surface area contributed by atoms with E-state index in [4.69, 9.17) is 4.74 Å². The second-order valence-corrected chi connectivity index (χ2v) is 8.99. The van der Waals surface area contributed by atoms with E-state index in [1.165, 1.54) is 13.3 Å². The number of carbonyl (C=O) groups excluding carboxylic acids is 4. The summed E-state index contributed by atoms with van der Waals surface area (Å²) in [4.78, 5) is 54.2. The molecule has 2 fully saturated rings. The van der Waals surface area contributed by atoms with Gasteiger partial charge in [0.1, 0.15) is 0 Å². The van der Waals surface area contributed by atoms with Crippen molar-refractivity contribution in [3.63, 3.8) is 0 Å². The summed E-state index contributed by atoms with van der Waals surface area (Å²) in [6.07, 6.45) is 3.39. The van der Waals surface area contributed by atoms with Crippen LogP contribution in [0.2, 0.25) is 0 Å². The molecule has 0 bridgehead atoms. The number of amides is 1. The fourth-order valence-corrected chi connectivity index (χ4v) is 5.09. The van der Waals surface area contributed by atoms with Crippen LogP contribution >= 0.6 is 0 Å². The number of rotatable bonds is 6. The van der Waals surface area contributed by atoms with Crippen molar-refractivity contribution in [3.05, 3.63) is 22.5 Å². The van der Waals surface area contributed by atoms with E-state index >= 15 is 0 Å². The molecular weight excluding hydrogens is 384 g/mol. The molecule has 1 N–H and O–H groups in total. The van der Waals surface area contributed by atoms with Gasteiger partial charge in [-0.1, -0.05) is 26.7 Å². The number of hydrogen-bond donors (Lipinski definition) is 1. The molecule has 1 aliphatic carbocycles. The second-order valence-electron chi connectivity index (χ2n) is 8.99. The van der Waals surface area contributed by atoms with Crippen LogP contribution in [-0.4, -0.2) is 52.5 Å². The van der Waals surface area contributed by atoms with Crippen molar-refractivity contribution in [2.75, 3.05) is 13.2 Å². The smallest absolute Gasteiger partial charge is 0.311 e. The third-order valence-corrected chi connectivity index (χ3v) is 6.97. The lowest BCUT2D eigenvalue weighted by Gasteiger charge is -2.39. The Morgan fingerprint density at radius 2 is 1.87 bits per heavy atom. The monoisotopic (exact) mass is 416 g/mol. The van der Waals surface area contributed by atoms with Crippen molar-refractivity contribution in [1.29, 1.82) is 0 Å². The first-order chi connectivity index (χ1) is 14.1. The van der Waals surface area contributed by atoms with E-state index in [1.807, 2.05) is 4.90 Å². The molecule has 7 nitrogen and oxygen atoms in total. The first-order valence-electron chi connectivity index (χ1n) is 10.8. The largest absolute Gasteiger partial charge is 0.457 e. The number of carbonyl (C=O) groups is 4. The number of aromatic amines is 1. The van der Waals surface area contributed by atoms with Crippen LogP contribution in [-0.2, 0) is 14.3 Å². The van der Waals surface area contributed by atoms with Crippen LogP contribution < -0.4 is 0 Å². The molecule has 7 heteroatoms. The highest BCUT2D eigenvalue weighted by Gasteiger charge is 2.42. The summed E-state index contributed by atoms with van der Waals surface area (Å²) in [7, 11) is 0. The number of ketones is 2. The summed E-state index contributed by atoms with van der Waals surface area (Å²) in [5.74, 6) is -0.574. The van der Waals surface area contributed by atoms with Crippen molar-refractivity contribution in [2.24, 2.45) is 17.8 Å². The van der Waals surface area contributed by atoms with Crippen LogP contribution in [0.25, 0.3) is 0 Å². The third kappa shape index (κ3) is 4.20. The van der Waals surface area contributed by atoms with Crippen molar-refractivity contribution in [3.8, 4) is 0 Å². The van der Waals surface area contributed by atoms with Gasteiger partial charge in [0.15, 0.2) is 12.4 Å². The summed E-state index contributed by atoms with van der Waals surface area (Å²) in [6.45, 7) is 9.25. The van der Waals surface area contributed by atoms with E-state index in [0.29, 0.717) is 40.9 Å². The highest BCUT2D eigenvalue weighted by atomic mass is 16.5. The van der Waals surface area contributed by atoms with E-state index in [2.05, 4.69) is 18.8 Å². The van der Waals surface area contributed by atoms with Gasteiger partial charge in [0, 0.05) is 30.3 Å². The molecule has 0 unspecified atom stereocenters. The lowest BCUT2D eigenvalue weighted by molar-refractivity contribution is -0.147. The molecule has 0 spiro atoms. The maximum Gasteiger partial charge on any atom is 0.311 e. The van der Waals surface area contributed by atoms with Crippen molar-refractivity contribution in [1.82, 2.24) is 9.88 Å². The summed E-state index contributed by atoms with van der Waals surface area (Å²) in [5.41, 5.74) is 1.99. The standard InChI is InChI=1S/C23H32N2O5/c1-12-7-6-8-18(13(12)2)25-10-17(9-20(25)28)23(29)30-11-19(27)22-14(3)21(16(5)26)15(4)24-22/h12-13,17-18,24H,6-11H2,1-5H3/t12-,13-,17+,18-/m0/s1. The summed E-state index contributed by atoms with van der Waals surface area (Å²) in [5, 5.41) is 0. The Hall–Kier alpha value is -2.44. The van der Waals surface area contributed by atoms with Gasteiger partial charge in [-0.05, 0) is 44.6 Å². The summed E-state index contributed by atoms with van der Waals surface area (Å²) < 4.78 is 5.27. The Labute approximate surface area is 177 Å². The molecule has 4 atom stereocenters. The molecule has 0 radical (unpaired) electrons. The van der Waals surface area contributed by atoms with E-state index in [1.54, 1.807) is 13.8 Å². The average molecular weight is 417 g/mol. The molecule has 2 heterocycles. The molecule has 164 valence electrons. The van der Waals surface area contributed by atoms with Gasteiger partial charge in [-0.2, -0.15) is 0 Å². The quantitative estimate of drug-likeness (QED) is 0.567. The average Bonchev–Trinajstić information content (AvgIpc) is 3.21. The van der Waals surface area contributed by atoms with Gasteiger partial charge in [-0.3, -0.25) is 19.2 Å². The maximum absolute atomic E-state index is 12.6. The minimum Gasteiger partial charge on any atom is -0.457 e. The van der Waals surface area contributed by atoms with Crippen LogP contribution in [0.15, 0.2) is 0 Å². The minimum atomic E-state index is -0.533. The number of Topliss-reactive ketones (excluding diaryl/α,β-unsaturated/α-hetero) is 2. The maximum atomic E-state index is 12.6. The zero-order valence-corrected chi connectivity index (χ0v) is 18.5. The van der Waals surface area contributed by atoms with Gasteiger partial charge in [-0.25, -0.2) is 0 Å². The Morgan fingerprint density at radius 1 is 1.17 bits per heavy atom. The first kappa shape index (κ1) is 22.2. The predicted molar refractivity (Wildman–Crippen MR) is 111 cm³/mol. The fraction of sp³-hybridized carbons (Fsp3) is 0.652. The second kappa shape index (κ2) is 8.74. The molecule has 3 rings (SSSR count). The molecule has 1 aliphatic heterocycles. The zero-order chi connectivity index (χ0) is 22.2. The molecule has 30 heavy (non-hydrogen) atoms. The van der Waals surface area contributed by atoms with Gasteiger partial charge in [0.05, 0.1) is 11.6 Å². The van der Waals surface area contributed by atoms with Gasteiger partial charge < -0.3 is 14.6 Å². The lowest BCUT2D eigenvalue weighted by Crippen LogP contribution is -2.45. The Balaban J connectivity index is 1.59. The van der Waals surface area contributed by atoms with Crippen LogP contribution in [0.4, 0.5) is 0 Å². The summed E-state index contributed by atoms with van der Waals surface area (Å²) >= 11 is 0. The van der Waals surface area contributed by atoms with Crippen molar-refractivity contribution >= 4 is 23.4 Å². The lowest BCUT2D eigenvalue weighted by atomic mass is 9.77. The SMILES string of the molecule is CC(=O)c1c(C)[nH]c(C(=O)COC(=O)[C@@H]2CC(=O)N([C@H]3CCC[C@H](C)[C@@H]3C)C2)c1C. The van der Waals surface area contributed by atoms with Crippen LogP contribution in [0.3, 0.4) is 0 Å². The number of ether oxygens (including phenoxy) is 1. The highest BCUT2D eigenvalue weighted by molar-refractivity contribution is 6.04. The van der Waals surface area contributed by atoms with Gasteiger partial charge in [0.2, 0.25) is 11.7 Å².